The van der Waals surface area contributed by atoms with Crippen molar-refractivity contribution < 1.29 is 9.53 Å². The maximum Gasteiger partial charge on any atom is 0.350 e. The van der Waals surface area contributed by atoms with Gasteiger partial charge in [0.15, 0.2) is 0 Å². The van der Waals surface area contributed by atoms with Gasteiger partial charge in [0.2, 0.25) is 0 Å². The summed E-state index contributed by atoms with van der Waals surface area (Å²) in [6.45, 7) is 12.9. The zero-order valence-electron chi connectivity index (χ0n) is 16.3. The molecule has 3 rings (SSSR count). The van der Waals surface area contributed by atoms with Crippen LogP contribution in [-0.4, -0.2) is 22.1 Å². The molecule has 2 heterocycles. The molecule has 0 aliphatic heterocycles. The first-order chi connectivity index (χ1) is 12.4. The van der Waals surface area contributed by atoms with Crippen molar-refractivity contribution in [2.75, 3.05) is 6.61 Å². The van der Waals surface area contributed by atoms with Crippen LogP contribution in [0, 0.1) is 20.8 Å². The fourth-order valence-electron chi connectivity index (χ4n) is 3.39. The molecular formula is C21H26N2O2S. The monoisotopic (exact) mass is 370 g/mol. The van der Waals surface area contributed by atoms with Crippen LogP contribution in [0.25, 0.3) is 21.5 Å². The topological polar surface area (TPSA) is 44.1 Å². The maximum atomic E-state index is 12.1. The highest BCUT2D eigenvalue weighted by Gasteiger charge is 2.19. The number of ether oxygens (including phenoxy) is 1. The third kappa shape index (κ3) is 3.05. The molecule has 0 fully saturated rings. The summed E-state index contributed by atoms with van der Waals surface area (Å²) in [6.07, 6.45) is 1.10. The Balaban J connectivity index is 2.09. The Morgan fingerprint density at radius 3 is 2.65 bits per heavy atom. The van der Waals surface area contributed by atoms with Gasteiger partial charge in [-0.2, -0.15) is 0 Å². The van der Waals surface area contributed by atoms with Crippen molar-refractivity contribution in [1.29, 1.82) is 0 Å². The number of nitrogens with zero attached hydrogens (tertiary/aromatic N) is 2. The van der Waals surface area contributed by atoms with E-state index in [1.165, 1.54) is 33.5 Å². The molecule has 1 aromatic carbocycles. The Morgan fingerprint density at radius 1 is 1.27 bits per heavy atom. The third-order valence-corrected chi connectivity index (χ3v) is 6.29. The standard InChI is InChI=1S/C21H26N2O2S/c1-7-12(3)23-15(6)13(4)17-11-16(9-10-18(17)23)20-22-14(5)19(26-20)21(24)25-8-2/h9-12H,7-8H2,1-6H3. The van der Waals surface area contributed by atoms with E-state index in [1.807, 2.05) is 13.8 Å². The molecule has 138 valence electrons. The van der Waals surface area contributed by atoms with Crippen LogP contribution < -0.4 is 0 Å². The number of rotatable bonds is 5. The maximum absolute atomic E-state index is 12.1. The largest absolute Gasteiger partial charge is 0.462 e. The Labute approximate surface area is 158 Å². The minimum atomic E-state index is -0.287. The number of esters is 1. The Hall–Kier alpha value is -2.14. The number of carbonyl (C=O) groups is 1. The second-order valence-electron chi connectivity index (χ2n) is 6.72. The van der Waals surface area contributed by atoms with Gasteiger partial charge in [-0.3, -0.25) is 0 Å². The molecule has 2 aromatic heterocycles. The number of thiazole rings is 1. The van der Waals surface area contributed by atoms with E-state index in [2.05, 4.69) is 55.4 Å². The second kappa shape index (κ2) is 7.23. The molecule has 0 saturated heterocycles. The van der Waals surface area contributed by atoms with Gasteiger partial charge in [0.05, 0.1) is 12.3 Å². The normalized spacial score (nSPS) is 12.5. The van der Waals surface area contributed by atoms with Gasteiger partial charge in [0.25, 0.3) is 0 Å². The van der Waals surface area contributed by atoms with E-state index in [1.54, 1.807) is 0 Å². The van der Waals surface area contributed by atoms with Crippen molar-refractivity contribution in [3.05, 3.63) is 40.0 Å². The first kappa shape index (κ1) is 18.6. The lowest BCUT2D eigenvalue weighted by Gasteiger charge is -2.15. The Morgan fingerprint density at radius 2 is 2.00 bits per heavy atom. The minimum absolute atomic E-state index is 0.287. The number of aryl methyl sites for hydroxylation is 2. The highest BCUT2D eigenvalue weighted by molar-refractivity contribution is 7.17. The molecule has 0 aliphatic carbocycles. The van der Waals surface area contributed by atoms with Gasteiger partial charge in [-0.1, -0.05) is 6.92 Å². The molecule has 4 nitrogen and oxygen atoms in total. The fraction of sp³-hybridized carbons (Fsp3) is 0.429. The molecule has 5 heteroatoms. The molecule has 26 heavy (non-hydrogen) atoms. The smallest absolute Gasteiger partial charge is 0.350 e. The number of fused-ring (bicyclic) bond motifs is 1. The van der Waals surface area contributed by atoms with Crippen molar-refractivity contribution in [3.8, 4) is 10.6 Å². The summed E-state index contributed by atoms with van der Waals surface area (Å²) in [7, 11) is 0. The Kier molecular flexibility index (Phi) is 5.19. The SMILES string of the molecule is CCOC(=O)c1sc(-c2ccc3c(c2)c(C)c(C)n3C(C)CC)nc1C. The van der Waals surface area contributed by atoms with Crippen molar-refractivity contribution in [2.45, 2.75) is 54.0 Å². The van der Waals surface area contributed by atoms with E-state index < -0.39 is 0 Å². The quantitative estimate of drug-likeness (QED) is 0.530. The van der Waals surface area contributed by atoms with E-state index in [4.69, 9.17) is 4.74 Å². The zero-order chi connectivity index (χ0) is 19.0. The third-order valence-electron chi connectivity index (χ3n) is 5.10. The summed E-state index contributed by atoms with van der Waals surface area (Å²) in [5.74, 6) is -0.287. The van der Waals surface area contributed by atoms with Crippen molar-refractivity contribution >= 4 is 28.2 Å². The van der Waals surface area contributed by atoms with Crippen molar-refractivity contribution in [2.24, 2.45) is 0 Å². The first-order valence-electron chi connectivity index (χ1n) is 9.15. The van der Waals surface area contributed by atoms with Crippen LogP contribution in [0.4, 0.5) is 0 Å². The molecule has 0 aliphatic rings. The predicted molar refractivity (Wildman–Crippen MR) is 108 cm³/mol. The predicted octanol–water partition coefficient (Wildman–Crippen LogP) is 5.84. The molecule has 1 unspecified atom stereocenters. The fourth-order valence-corrected chi connectivity index (χ4v) is 4.35. The molecule has 0 bridgehead atoms. The lowest BCUT2D eigenvalue weighted by Crippen LogP contribution is -2.05. The van der Waals surface area contributed by atoms with Crippen LogP contribution in [0.15, 0.2) is 18.2 Å². The molecule has 0 amide bonds. The van der Waals surface area contributed by atoms with Crippen molar-refractivity contribution in [3.63, 3.8) is 0 Å². The summed E-state index contributed by atoms with van der Waals surface area (Å²) >= 11 is 1.40. The lowest BCUT2D eigenvalue weighted by molar-refractivity contribution is 0.0531. The van der Waals surface area contributed by atoms with E-state index >= 15 is 0 Å². The van der Waals surface area contributed by atoms with Gasteiger partial charge < -0.3 is 9.30 Å². The zero-order valence-corrected chi connectivity index (χ0v) is 17.2. The average molecular weight is 371 g/mol. The molecule has 0 saturated carbocycles. The molecule has 1 atom stereocenters. The molecule has 0 radical (unpaired) electrons. The van der Waals surface area contributed by atoms with Crippen LogP contribution in [0.5, 0.6) is 0 Å². The number of aromatic nitrogens is 2. The van der Waals surface area contributed by atoms with Gasteiger partial charge in [0.1, 0.15) is 9.88 Å². The molecule has 3 aromatic rings. The summed E-state index contributed by atoms with van der Waals surface area (Å²) in [5.41, 5.74) is 5.66. The first-order valence-corrected chi connectivity index (χ1v) is 9.96. The van der Waals surface area contributed by atoms with Gasteiger partial charge in [0, 0.05) is 28.2 Å². The molecule has 0 N–H and O–H groups in total. The van der Waals surface area contributed by atoms with Gasteiger partial charge in [-0.25, -0.2) is 9.78 Å². The highest BCUT2D eigenvalue weighted by Crippen LogP contribution is 2.35. The van der Waals surface area contributed by atoms with Crippen LogP contribution in [0.2, 0.25) is 0 Å². The molecule has 0 spiro atoms. The van der Waals surface area contributed by atoms with Crippen LogP contribution in [-0.2, 0) is 4.74 Å². The van der Waals surface area contributed by atoms with E-state index in [9.17, 15) is 4.79 Å². The summed E-state index contributed by atoms with van der Waals surface area (Å²) in [6, 6.07) is 6.95. The van der Waals surface area contributed by atoms with Gasteiger partial charge in [-0.15, -0.1) is 11.3 Å². The van der Waals surface area contributed by atoms with Crippen LogP contribution in [0.1, 0.15) is 59.9 Å². The van der Waals surface area contributed by atoms with Crippen LogP contribution in [0.3, 0.4) is 0 Å². The number of benzene rings is 1. The summed E-state index contributed by atoms with van der Waals surface area (Å²) in [4.78, 5) is 17.3. The minimum Gasteiger partial charge on any atom is -0.462 e. The number of hydrogen-bond donors (Lipinski definition) is 0. The van der Waals surface area contributed by atoms with E-state index in [0.29, 0.717) is 17.5 Å². The lowest BCUT2D eigenvalue weighted by atomic mass is 10.1. The summed E-state index contributed by atoms with van der Waals surface area (Å²) in [5, 5.41) is 2.12. The van der Waals surface area contributed by atoms with E-state index in [-0.39, 0.29) is 5.97 Å². The highest BCUT2D eigenvalue weighted by atomic mass is 32.1. The Bertz CT molecular complexity index is 968. The number of carbonyl (C=O) groups excluding carboxylic acids is 1. The van der Waals surface area contributed by atoms with Gasteiger partial charge >= 0.3 is 5.97 Å². The average Bonchev–Trinajstić information content (AvgIpc) is 3.13. The van der Waals surface area contributed by atoms with Gasteiger partial charge in [-0.05, 0) is 64.8 Å². The number of hydrogen-bond acceptors (Lipinski definition) is 4. The van der Waals surface area contributed by atoms with E-state index in [0.717, 1.165) is 22.7 Å². The molecular weight excluding hydrogens is 344 g/mol. The van der Waals surface area contributed by atoms with Crippen LogP contribution >= 0.6 is 11.3 Å². The second-order valence-corrected chi connectivity index (χ2v) is 7.72. The summed E-state index contributed by atoms with van der Waals surface area (Å²) < 4.78 is 7.56. The van der Waals surface area contributed by atoms with Crippen molar-refractivity contribution in [1.82, 2.24) is 9.55 Å².